The molecule has 0 aliphatic heterocycles. The monoisotopic (exact) mass is 668 g/mol. The van der Waals surface area contributed by atoms with Gasteiger partial charge in [0.2, 0.25) is 0 Å². The number of nitrogens with zero attached hydrogens (tertiary/aromatic N) is 3. The fraction of sp³-hybridized carbons (Fsp3) is 0.892. The van der Waals surface area contributed by atoms with Crippen molar-refractivity contribution in [3.8, 4) is 0 Å². The van der Waals surface area contributed by atoms with Gasteiger partial charge in [-0.25, -0.2) is 4.68 Å². The van der Waals surface area contributed by atoms with Gasteiger partial charge in [0.15, 0.2) is 12.1 Å². The predicted molar refractivity (Wildman–Crippen MR) is 186 cm³/mol. The molecular formula is C37H69N3O7. The molecule has 1 rings (SSSR count). The van der Waals surface area contributed by atoms with Gasteiger partial charge < -0.3 is 24.1 Å². The van der Waals surface area contributed by atoms with Crippen LogP contribution in [0.15, 0.2) is 6.20 Å². The van der Waals surface area contributed by atoms with Crippen LogP contribution in [0.25, 0.3) is 0 Å². The van der Waals surface area contributed by atoms with E-state index in [1.54, 1.807) is 31.8 Å². The molecule has 0 saturated carbocycles. The van der Waals surface area contributed by atoms with Crippen LogP contribution in [0.3, 0.4) is 0 Å². The van der Waals surface area contributed by atoms with Gasteiger partial charge in [-0.2, -0.15) is 0 Å². The first kappa shape index (κ1) is 43.1. The second kappa shape index (κ2) is 25.1. The maximum absolute atomic E-state index is 12.9. The van der Waals surface area contributed by atoms with Crippen molar-refractivity contribution >= 4 is 11.8 Å². The number of esters is 1. The highest BCUT2D eigenvalue weighted by atomic mass is 16.6. The van der Waals surface area contributed by atoms with Crippen molar-refractivity contribution in [3.05, 3.63) is 11.9 Å². The molecule has 0 fully saturated rings. The number of ketones is 1. The second-order valence-corrected chi connectivity index (χ2v) is 14.1. The van der Waals surface area contributed by atoms with Crippen molar-refractivity contribution in [1.82, 2.24) is 15.0 Å². The molecule has 0 saturated heterocycles. The molecule has 10 nitrogen and oxygen atoms in total. The lowest BCUT2D eigenvalue weighted by Crippen LogP contribution is -2.37. The van der Waals surface area contributed by atoms with Crippen molar-refractivity contribution in [2.75, 3.05) is 20.3 Å². The number of carbonyl (C=O) groups is 2. The van der Waals surface area contributed by atoms with Gasteiger partial charge in [0.1, 0.15) is 11.7 Å². The lowest BCUT2D eigenvalue weighted by atomic mass is 9.98. The number of rotatable bonds is 31. The smallest absolute Gasteiger partial charge is 0.306 e. The van der Waals surface area contributed by atoms with E-state index < -0.39 is 18.0 Å². The van der Waals surface area contributed by atoms with Crippen molar-refractivity contribution in [3.63, 3.8) is 0 Å². The largest absolute Gasteiger partial charge is 0.458 e. The number of unbranched alkanes of at least 4 members (excludes halogenated alkanes) is 12. The molecule has 0 radical (unpaired) electrons. The number of methoxy groups -OCH3 is 1. The third-order valence-corrected chi connectivity index (χ3v) is 8.79. The number of aryl methyl sites for hydroxylation is 1. The predicted octanol–water partition coefficient (Wildman–Crippen LogP) is 7.92. The van der Waals surface area contributed by atoms with Gasteiger partial charge in [-0.3, -0.25) is 9.59 Å². The number of ether oxygens (including phenoxy) is 4. The van der Waals surface area contributed by atoms with Crippen LogP contribution < -0.4 is 0 Å². The van der Waals surface area contributed by atoms with Crippen molar-refractivity contribution in [2.45, 2.75) is 194 Å². The van der Waals surface area contributed by atoms with Gasteiger partial charge >= 0.3 is 5.97 Å². The Hall–Kier alpha value is -1.88. The Morgan fingerprint density at radius 3 is 2.09 bits per heavy atom. The summed E-state index contributed by atoms with van der Waals surface area (Å²) in [5.41, 5.74) is -0.557. The first-order chi connectivity index (χ1) is 22.4. The fourth-order valence-corrected chi connectivity index (χ4v) is 5.20. The molecule has 274 valence electrons. The summed E-state index contributed by atoms with van der Waals surface area (Å²) >= 11 is 0. The number of aliphatic hydroxyl groups is 1. The molecule has 0 amide bonds. The molecule has 10 heteroatoms. The minimum Gasteiger partial charge on any atom is -0.458 e. The number of aromatic nitrogens is 3. The van der Waals surface area contributed by atoms with Gasteiger partial charge in [-0.15, -0.1) is 5.10 Å². The Kier molecular flexibility index (Phi) is 23.1. The molecular weight excluding hydrogens is 598 g/mol. The summed E-state index contributed by atoms with van der Waals surface area (Å²) in [6.45, 7) is 12.7. The molecule has 1 heterocycles. The van der Waals surface area contributed by atoms with Crippen LogP contribution in [-0.2, 0) is 41.5 Å². The minimum atomic E-state index is -0.915. The van der Waals surface area contributed by atoms with E-state index in [9.17, 15) is 14.7 Å². The summed E-state index contributed by atoms with van der Waals surface area (Å²) in [7, 11) is 1.67. The summed E-state index contributed by atoms with van der Waals surface area (Å²) in [6, 6.07) is 0. The van der Waals surface area contributed by atoms with Gasteiger partial charge in [0, 0.05) is 32.6 Å². The molecule has 0 aliphatic rings. The lowest BCUT2D eigenvalue weighted by molar-refractivity contribution is -0.165. The normalized spacial score (nSPS) is 13.5. The number of hydrogen-bond acceptors (Lipinski definition) is 9. The summed E-state index contributed by atoms with van der Waals surface area (Å²) in [6.07, 6.45) is 18.5. The molecule has 2 atom stereocenters. The zero-order valence-electron chi connectivity index (χ0n) is 31.0. The second-order valence-electron chi connectivity index (χ2n) is 14.1. The molecule has 2 unspecified atom stereocenters. The molecule has 1 aromatic rings. The van der Waals surface area contributed by atoms with Crippen molar-refractivity contribution in [1.29, 1.82) is 0 Å². The standard InChI is InChI=1S/C37H69N3O7/c1-8-10-12-14-16-18-20-22-34(42)45-30-32(47-35(43)23-21-19-17-15-13-11-9-2)29-40-28-31(38-39-40)24-25-33(41)37(5,6)46-27-26-36(3,4)44-7/h28,32,34,42H,8-27,29-30H2,1-7H3. The van der Waals surface area contributed by atoms with Crippen molar-refractivity contribution in [2.24, 2.45) is 0 Å². The molecule has 0 aliphatic carbocycles. The van der Waals surface area contributed by atoms with Crippen LogP contribution in [0.4, 0.5) is 0 Å². The Labute approximate surface area is 286 Å². The van der Waals surface area contributed by atoms with E-state index in [0.29, 0.717) is 38.0 Å². The zero-order chi connectivity index (χ0) is 35.0. The number of hydrogen-bond donors (Lipinski definition) is 1. The van der Waals surface area contributed by atoms with Crippen LogP contribution in [0, 0.1) is 0 Å². The maximum Gasteiger partial charge on any atom is 0.306 e. The number of aliphatic hydroxyl groups excluding tert-OH is 1. The highest BCUT2D eigenvalue weighted by Gasteiger charge is 2.29. The van der Waals surface area contributed by atoms with E-state index in [1.165, 1.54) is 57.8 Å². The number of Topliss-reactive ketones (excluding diaryl/α,β-unsaturated/α-hetero) is 1. The van der Waals surface area contributed by atoms with E-state index in [1.807, 2.05) is 13.8 Å². The van der Waals surface area contributed by atoms with Crippen LogP contribution in [0.1, 0.15) is 163 Å². The van der Waals surface area contributed by atoms with Gasteiger partial charge in [-0.1, -0.05) is 96.1 Å². The molecule has 47 heavy (non-hydrogen) atoms. The first-order valence-corrected chi connectivity index (χ1v) is 18.5. The molecule has 0 aromatic carbocycles. The highest BCUT2D eigenvalue weighted by molar-refractivity contribution is 5.86. The Bertz CT molecular complexity index is 950. The molecule has 1 N–H and O–H groups in total. The molecule has 0 spiro atoms. The van der Waals surface area contributed by atoms with Crippen LogP contribution >= 0.6 is 0 Å². The summed E-state index contributed by atoms with van der Waals surface area (Å²) in [4.78, 5) is 25.7. The van der Waals surface area contributed by atoms with Crippen LogP contribution in [-0.4, -0.2) is 75.8 Å². The average Bonchev–Trinajstić information content (AvgIpc) is 3.48. The van der Waals surface area contributed by atoms with Crippen LogP contribution in [0.5, 0.6) is 0 Å². The zero-order valence-corrected chi connectivity index (χ0v) is 31.0. The molecule has 1 aromatic heterocycles. The minimum absolute atomic E-state index is 0.0113. The van der Waals surface area contributed by atoms with E-state index in [2.05, 4.69) is 24.2 Å². The van der Waals surface area contributed by atoms with Crippen LogP contribution in [0.2, 0.25) is 0 Å². The third kappa shape index (κ3) is 21.7. The Morgan fingerprint density at radius 2 is 1.47 bits per heavy atom. The molecule has 0 bridgehead atoms. The topological polar surface area (TPSA) is 122 Å². The Balaban J connectivity index is 2.63. The first-order valence-electron chi connectivity index (χ1n) is 18.5. The van der Waals surface area contributed by atoms with Gasteiger partial charge in [0.25, 0.3) is 0 Å². The summed E-state index contributed by atoms with van der Waals surface area (Å²) in [5.74, 6) is -0.279. The summed E-state index contributed by atoms with van der Waals surface area (Å²) in [5, 5.41) is 18.9. The Morgan fingerprint density at radius 1 is 0.872 bits per heavy atom. The van der Waals surface area contributed by atoms with E-state index >= 15 is 0 Å². The maximum atomic E-state index is 12.9. The van der Waals surface area contributed by atoms with Gasteiger partial charge in [0.05, 0.1) is 31.1 Å². The van der Waals surface area contributed by atoms with E-state index in [-0.39, 0.29) is 36.9 Å². The highest BCUT2D eigenvalue weighted by Crippen LogP contribution is 2.19. The SMILES string of the molecule is CCCCCCCCCC(=O)OC(COC(O)CCCCCCCCC)Cn1cc(CCC(=O)C(C)(C)OCCC(C)(C)OC)nn1. The fourth-order valence-electron chi connectivity index (χ4n) is 5.20. The average molecular weight is 668 g/mol. The van der Waals surface area contributed by atoms with Gasteiger partial charge in [-0.05, 0) is 53.4 Å². The quantitative estimate of drug-likeness (QED) is 0.0478. The van der Waals surface area contributed by atoms with E-state index in [0.717, 1.165) is 32.1 Å². The van der Waals surface area contributed by atoms with Crippen molar-refractivity contribution < 1.29 is 33.6 Å². The van der Waals surface area contributed by atoms with E-state index in [4.69, 9.17) is 18.9 Å². The third-order valence-electron chi connectivity index (χ3n) is 8.79. The number of carbonyl (C=O) groups excluding carboxylic acids is 2. The lowest BCUT2D eigenvalue weighted by Gasteiger charge is -2.27. The summed E-state index contributed by atoms with van der Waals surface area (Å²) < 4.78 is 24.5.